The van der Waals surface area contributed by atoms with Gasteiger partial charge in [-0.1, -0.05) is 11.8 Å². The van der Waals surface area contributed by atoms with Gasteiger partial charge in [0.25, 0.3) is 5.24 Å². The molecule has 0 heterocycles. The molecular weight excluding hydrogens is 585 g/mol. The number of amides is 2. The van der Waals surface area contributed by atoms with E-state index in [1.165, 1.54) is 23.7 Å². The molecule has 0 aromatic heterocycles. The third-order valence-electron chi connectivity index (χ3n) is 3.53. The van der Waals surface area contributed by atoms with Gasteiger partial charge in [-0.2, -0.15) is 40.2 Å². The van der Waals surface area contributed by atoms with Gasteiger partial charge < -0.3 is 35.0 Å². The minimum atomic E-state index is -1.10. The van der Waals surface area contributed by atoms with Crippen molar-refractivity contribution in [2.24, 2.45) is 9.98 Å². The second-order valence-corrected chi connectivity index (χ2v) is 12.6. The Bertz CT molecular complexity index is 611. The summed E-state index contributed by atoms with van der Waals surface area (Å²) in [5, 5.41) is 22.4. The Morgan fingerprint density at radius 3 is 2.27 bits per heavy atom. The Hall–Kier alpha value is -0.530. The number of rotatable bonds is 25. The monoisotopic (exact) mass is 622 g/mol. The lowest BCUT2D eigenvalue weighted by Gasteiger charge is -2.06. The van der Waals surface area contributed by atoms with E-state index < -0.39 is 17.3 Å². The molecule has 0 fully saturated rings. The van der Waals surface area contributed by atoms with Crippen LogP contribution in [0.3, 0.4) is 0 Å². The first-order valence-electron chi connectivity index (χ1n) is 11.5. The highest BCUT2D eigenvalue weighted by molar-refractivity contribution is 8.14. The average molecular weight is 623 g/mol. The first kappa shape index (κ1) is 36.5. The largest absolute Gasteiger partial charge is 0.611 e. The van der Waals surface area contributed by atoms with Crippen LogP contribution in [0.15, 0.2) is 9.98 Å². The molecule has 1 unspecified atom stereocenters. The van der Waals surface area contributed by atoms with Gasteiger partial charge in [0.15, 0.2) is 0 Å². The van der Waals surface area contributed by atoms with Crippen LogP contribution in [0.2, 0.25) is 0 Å². The molecule has 0 aromatic rings. The molecule has 0 saturated heterocycles. The lowest BCUT2D eigenvalue weighted by atomic mass is 10.7. The van der Waals surface area contributed by atoms with E-state index in [2.05, 4.69) is 35.1 Å². The Balaban J connectivity index is 3.42. The van der Waals surface area contributed by atoms with Crippen LogP contribution in [-0.2, 0) is 25.7 Å². The zero-order valence-corrected chi connectivity index (χ0v) is 24.8. The lowest BCUT2D eigenvalue weighted by molar-refractivity contribution is -0.221. The van der Waals surface area contributed by atoms with Gasteiger partial charge in [0.1, 0.15) is 19.0 Å². The molecule has 12 nitrogen and oxygen atoms in total. The standard InChI is InChI=1S/C20H38N4O8S5/c25-5-7-30-19(27)23-3-11-34-10-2-22-18-37(29)16-15-35-13-14-36-20(28)24-4-12-33-9-1-21-17-32-31-8-6-26/h17-18,25-26H,1-16H2,(H,23,27)(H,24,28)/b21-17-,22-18+. The first-order valence-corrected chi connectivity index (χ1v) is 17.3. The zero-order valence-electron chi connectivity index (χ0n) is 20.7. The lowest BCUT2D eigenvalue weighted by Crippen LogP contribution is -2.27. The summed E-state index contributed by atoms with van der Waals surface area (Å²) < 4.78 is 16.6. The van der Waals surface area contributed by atoms with Gasteiger partial charge in [-0.15, -0.1) is 0 Å². The van der Waals surface area contributed by atoms with E-state index in [9.17, 15) is 14.1 Å². The summed E-state index contributed by atoms with van der Waals surface area (Å²) in [4.78, 5) is 40.3. The maximum atomic E-state index is 11.9. The van der Waals surface area contributed by atoms with E-state index in [-0.39, 0.29) is 31.7 Å². The van der Waals surface area contributed by atoms with E-state index in [1.54, 1.807) is 35.3 Å². The van der Waals surface area contributed by atoms with Gasteiger partial charge in [-0.25, -0.2) is 9.79 Å². The van der Waals surface area contributed by atoms with Crippen molar-refractivity contribution in [2.45, 2.75) is 0 Å². The number of thioether (sulfide) groups is 4. The Morgan fingerprint density at radius 2 is 1.54 bits per heavy atom. The highest BCUT2D eigenvalue weighted by Crippen LogP contribution is 2.09. The molecule has 2 amide bonds. The van der Waals surface area contributed by atoms with E-state index in [0.717, 1.165) is 28.8 Å². The summed E-state index contributed by atoms with van der Waals surface area (Å²) in [6.07, 6.45) is 0.662. The number of carbonyl (C=O) groups is 2. The van der Waals surface area contributed by atoms with Gasteiger partial charge in [0, 0.05) is 53.4 Å². The summed E-state index contributed by atoms with van der Waals surface area (Å²) in [7, 11) is 0. The second kappa shape index (κ2) is 30.0. The van der Waals surface area contributed by atoms with Crippen LogP contribution >= 0.6 is 47.0 Å². The highest BCUT2D eigenvalue weighted by atomic mass is 32.2. The molecule has 0 aliphatic carbocycles. The van der Waals surface area contributed by atoms with Gasteiger partial charge >= 0.3 is 6.09 Å². The van der Waals surface area contributed by atoms with Gasteiger partial charge in [0.2, 0.25) is 11.9 Å². The zero-order chi connectivity index (χ0) is 27.2. The molecule has 0 saturated carbocycles. The minimum absolute atomic E-state index is 0.0134. The summed E-state index contributed by atoms with van der Waals surface area (Å²) in [6, 6.07) is 0. The van der Waals surface area contributed by atoms with Crippen LogP contribution in [0.5, 0.6) is 0 Å². The molecule has 37 heavy (non-hydrogen) atoms. The maximum absolute atomic E-state index is 11.9. The third-order valence-corrected chi connectivity index (χ3v) is 8.76. The van der Waals surface area contributed by atoms with E-state index >= 15 is 0 Å². The predicted octanol–water partition coefficient (Wildman–Crippen LogP) is 1.09. The molecule has 216 valence electrons. The number of carbonyl (C=O) groups excluding carboxylic acids is 2. The fourth-order valence-corrected chi connectivity index (χ4v) is 6.23. The fraction of sp³-hybridized carbons (Fsp3) is 0.800. The topological polar surface area (TPSA) is 174 Å². The Labute approximate surface area is 238 Å². The Kier molecular flexibility index (Phi) is 29.6. The molecule has 0 rings (SSSR count). The summed E-state index contributed by atoms with van der Waals surface area (Å²) in [5.41, 5.74) is 1.49. The molecule has 0 bridgehead atoms. The molecule has 17 heteroatoms. The van der Waals surface area contributed by atoms with Crippen LogP contribution in [0, 0.1) is 0 Å². The molecule has 1 atom stereocenters. The number of nitrogens with zero attached hydrogens (tertiary/aromatic N) is 2. The molecule has 0 aliphatic rings. The van der Waals surface area contributed by atoms with Crippen LogP contribution < -0.4 is 10.6 Å². The molecule has 4 N–H and O–H groups in total. The maximum Gasteiger partial charge on any atom is 0.407 e. The van der Waals surface area contributed by atoms with E-state index in [1.807, 2.05) is 0 Å². The number of aliphatic hydroxyl groups is 2. The minimum Gasteiger partial charge on any atom is -0.611 e. The summed E-state index contributed by atoms with van der Waals surface area (Å²) in [5.74, 6) is 5.85. The Morgan fingerprint density at radius 1 is 0.865 bits per heavy atom. The SMILES string of the molecule is O=C(NCCSCC/N=C/[S+]([O-])CCSCCSC(=O)NCCSCC/N=C\OOCCO)OCCO. The van der Waals surface area contributed by atoms with Crippen molar-refractivity contribution in [3.63, 3.8) is 0 Å². The molecule has 0 radical (unpaired) electrons. The van der Waals surface area contributed by atoms with E-state index in [4.69, 9.17) is 10.2 Å². The highest BCUT2D eigenvalue weighted by Gasteiger charge is 2.05. The number of aliphatic imine (C=N–C) groups is 2. The van der Waals surface area contributed by atoms with Crippen LogP contribution in [0.4, 0.5) is 9.59 Å². The van der Waals surface area contributed by atoms with Crippen LogP contribution in [-0.4, -0.2) is 137 Å². The van der Waals surface area contributed by atoms with Crippen molar-refractivity contribution in [2.75, 3.05) is 98.6 Å². The summed E-state index contributed by atoms with van der Waals surface area (Å²) in [6.45, 7) is 1.99. The smallest absolute Gasteiger partial charge is 0.407 e. The first-order chi connectivity index (χ1) is 18.1. The molecule has 0 aromatic carbocycles. The molecular formula is C20H38N4O8S5. The van der Waals surface area contributed by atoms with E-state index in [0.29, 0.717) is 43.4 Å². The number of alkyl carbamates (subject to hydrolysis) is 1. The van der Waals surface area contributed by atoms with Crippen molar-refractivity contribution in [1.82, 2.24) is 10.6 Å². The normalized spacial score (nSPS) is 12.2. The number of nitrogens with one attached hydrogen (secondary N) is 2. The van der Waals surface area contributed by atoms with Gasteiger partial charge in [-0.05, 0) is 11.2 Å². The van der Waals surface area contributed by atoms with Crippen molar-refractivity contribution in [3.05, 3.63) is 0 Å². The van der Waals surface area contributed by atoms with Crippen molar-refractivity contribution < 1.29 is 38.9 Å². The van der Waals surface area contributed by atoms with Gasteiger partial charge in [0.05, 0.1) is 26.3 Å². The summed E-state index contributed by atoms with van der Waals surface area (Å²) >= 11 is 5.11. The number of aliphatic hydroxyl groups excluding tert-OH is 2. The second-order valence-electron chi connectivity index (χ2n) is 6.44. The third kappa shape index (κ3) is 29.9. The number of hydrogen-bond acceptors (Lipinski definition) is 14. The average Bonchev–Trinajstić information content (AvgIpc) is 2.89. The number of ether oxygens (including phenoxy) is 1. The number of hydrogen-bond donors (Lipinski definition) is 4. The van der Waals surface area contributed by atoms with Crippen molar-refractivity contribution >= 4 is 81.5 Å². The molecule has 0 aliphatic heterocycles. The van der Waals surface area contributed by atoms with Crippen LogP contribution in [0.1, 0.15) is 0 Å². The fourth-order valence-electron chi connectivity index (χ4n) is 1.95. The van der Waals surface area contributed by atoms with Crippen LogP contribution in [0.25, 0.3) is 0 Å². The van der Waals surface area contributed by atoms with Crippen molar-refractivity contribution in [1.29, 1.82) is 0 Å². The van der Waals surface area contributed by atoms with Crippen molar-refractivity contribution in [3.8, 4) is 0 Å². The predicted molar refractivity (Wildman–Crippen MR) is 158 cm³/mol. The quantitative estimate of drug-likeness (QED) is 0.0285. The van der Waals surface area contributed by atoms with Gasteiger partial charge in [-0.3, -0.25) is 9.79 Å². The molecule has 0 spiro atoms.